The molecule has 1 aromatic rings. The molecule has 2 unspecified atom stereocenters. The molecular weight excluding hydrogens is 174 g/mol. The molecule has 0 aliphatic heterocycles. The van der Waals surface area contributed by atoms with Gasteiger partial charge in [0.25, 0.3) is 0 Å². The highest BCUT2D eigenvalue weighted by Gasteiger charge is 2.03. The van der Waals surface area contributed by atoms with Crippen molar-refractivity contribution in [1.29, 1.82) is 0 Å². The summed E-state index contributed by atoms with van der Waals surface area (Å²) in [6.45, 7) is 4.59. The standard InChI is InChI=1S/C12H19NO/c1-10(13-9-11(2)14)8-12-6-4-3-5-7-12/h3-7,10-11,13-14H,8-9H2,1-2H3. The molecule has 0 aromatic heterocycles. The van der Waals surface area contributed by atoms with Crippen molar-refractivity contribution in [3.63, 3.8) is 0 Å². The summed E-state index contributed by atoms with van der Waals surface area (Å²) >= 11 is 0. The van der Waals surface area contributed by atoms with Crippen LogP contribution in [0.3, 0.4) is 0 Å². The summed E-state index contributed by atoms with van der Waals surface area (Å²) in [5.74, 6) is 0. The van der Waals surface area contributed by atoms with Crippen molar-refractivity contribution >= 4 is 0 Å². The van der Waals surface area contributed by atoms with Gasteiger partial charge in [0.15, 0.2) is 0 Å². The molecule has 0 fully saturated rings. The summed E-state index contributed by atoms with van der Waals surface area (Å²) in [7, 11) is 0. The normalized spacial score (nSPS) is 15.1. The lowest BCUT2D eigenvalue weighted by molar-refractivity contribution is 0.187. The smallest absolute Gasteiger partial charge is 0.0636 e. The van der Waals surface area contributed by atoms with Crippen LogP contribution in [0.15, 0.2) is 30.3 Å². The van der Waals surface area contributed by atoms with E-state index in [0.29, 0.717) is 12.6 Å². The van der Waals surface area contributed by atoms with Crippen molar-refractivity contribution < 1.29 is 5.11 Å². The van der Waals surface area contributed by atoms with Crippen LogP contribution in [0, 0.1) is 0 Å². The van der Waals surface area contributed by atoms with Gasteiger partial charge in [-0.2, -0.15) is 0 Å². The average Bonchev–Trinajstić information content (AvgIpc) is 2.16. The quantitative estimate of drug-likeness (QED) is 0.744. The summed E-state index contributed by atoms with van der Waals surface area (Å²) in [6, 6.07) is 10.8. The molecular formula is C12H19NO. The van der Waals surface area contributed by atoms with Gasteiger partial charge in [-0.3, -0.25) is 0 Å². The molecule has 1 rings (SSSR count). The van der Waals surface area contributed by atoms with Crippen LogP contribution >= 0.6 is 0 Å². The van der Waals surface area contributed by atoms with Crippen LogP contribution in [-0.2, 0) is 6.42 Å². The lowest BCUT2D eigenvalue weighted by atomic mass is 10.1. The van der Waals surface area contributed by atoms with Gasteiger partial charge in [0.2, 0.25) is 0 Å². The second-order valence-electron chi connectivity index (χ2n) is 3.85. The fourth-order valence-corrected chi connectivity index (χ4v) is 1.41. The van der Waals surface area contributed by atoms with Gasteiger partial charge in [-0.1, -0.05) is 30.3 Å². The zero-order valence-electron chi connectivity index (χ0n) is 8.90. The van der Waals surface area contributed by atoms with Crippen LogP contribution in [-0.4, -0.2) is 23.8 Å². The molecule has 2 heteroatoms. The molecule has 0 aliphatic rings. The molecule has 2 nitrogen and oxygen atoms in total. The average molecular weight is 193 g/mol. The zero-order chi connectivity index (χ0) is 10.4. The fraction of sp³-hybridized carbons (Fsp3) is 0.500. The van der Waals surface area contributed by atoms with Gasteiger partial charge in [-0.15, -0.1) is 0 Å². The Hall–Kier alpha value is -0.860. The number of nitrogens with one attached hydrogen (secondary N) is 1. The first-order valence-corrected chi connectivity index (χ1v) is 5.14. The highest BCUT2D eigenvalue weighted by molar-refractivity contribution is 5.15. The lowest BCUT2D eigenvalue weighted by Gasteiger charge is -2.14. The van der Waals surface area contributed by atoms with E-state index >= 15 is 0 Å². The highest BCUT2D eigenvalue weighted by Crippen LogP contribution is 2.02. The van der Waals surface area contributed by atoms with Gasteiger partial charge >= 0.3 is 0 Å². The number of aliphatic hydroxyl groups is 1. The first-order valence-electron chi connectivity index (χ1n) is 5.14. The minimum absolute atomic E-state index is 0.270. The van der Waals surface area contributed by atoms with E-state index in [2.05, 4.69) is 36.5 Å². The number of benzene rings is 1. The Bertz CT molecular complexity index is 246. The minimum atomic E-state index is -0.270. The van der Waals surface area contributed by atoms with Gasteiger partial charge in [0.05, 0.1) is 6.10 Å². The topological polar surface area (TPSA) is 32.3 Å². The maximum Gasteiger partial charge on any atom is 0.0636 e. The molecule has 0 saturated heterocycles. The number of rotatable bonds is 5. The van der Waals surface area contributed by atoms with Crippen molar-refractivity contribution in [2.45, 2.75) is 32.4 Å². The van der Waals surface area contributed by atoms with E-state index in [0.717, 1.165) is 6.42 Å². The molecule has 1 aromatic carbocycles. The van der Waals surface area contributed by atoms with Gasteiger partial charge in [-0.05, 0) is 25.8 Å². The summed E-state index contributed by atoms with van der Waals surface area (Å²) in [5.41, 5.74) is 1.33. The van der Waals surface area contributed by atoms with Gasteiger partial charge in [0.1, 0.15) is 0 Å². The third-order valence-electron chi connectivity index (χ3n) is 2.15. The molecule has 0 radical (unpaired) electrons. The third-order valence-corrected chi connectivity index (χ3v) is 2.15. The Morgan fingerprint density at radius 3 is 2.43 bits per heavy atom. The van der Waals surface area contributed by atoms with Crippen LogP contribution in [0.4, 0.5) is 0 Å². The molecule has 2 atom stereocenters. The van der Waals surface area contributed by atoms with Crippen LogP contribution < -0.4 is 5.32 Å². The maximum absolute atomic E-state index is 9.10. The van der Waals surface area contributed by atoms with E-state index in [-0.39, 0.29) is 6.10 Å². The van der Waals surface area contributed by atoms with Crippen LogP contribution in [0.25, 0.3) is 0 Å². The fourth-order valence-electron chi connectivity index (χ4n) is 1.41. The van der Waals surface area contributed by atoms with Crippen LogP contribution in [0.1, 0.15) is 19.4 Å². The van der Waals surface area contributed by atoms with Crippen molar-refractivity contribution in [1.82, 2.24) is 5.32 Å². The molecule has 14 heavy (non-hydrogen) atoms. The van der Waals surface area contributed by atoms with Crippen LogP contribution in [0.2, 0.25) is 0 Å². The first kappa shape index (κ1) is 11.2. The lowest BCUT2D eigenvalue weighted by Crippen LogP contribution is -2.33. The molecule has 78 valence electrons. The molecule has 0 heterocycles. The highest BCUT2D eigenvalue weighted by atomic mass is 16.3. The van der Waals surface area contributed by atoms with Crippen LogP contribution in [0.5, 0.6) is 0 Å². The predicted octanol–water partition coefficient (Wildman–Crippen LogP) is 1.59. The maximum atomic E-state index is 9.10. The van der Waals surface area contributed by atoms with Gasteiger partial charge in [0, 0.05) is 12.6 Å². The van der Waals surface area contributed by atoms with E-state index in [9.17, 15) is 0 Å². The third kappa shape index (κ3) is 4.40. The Kier molecular flexibility index (Phi) is 4.63. The van der Waals surface area contributed by atoms with Crippen molar-refractivity contribution in [2.24, 2.45) is 0 Å². The molecule has 0 bridgehead atoms. The second-order valence-corrected chi connectivity index (χ2v) is 3.85. The largest absolute Gasteiger partial charge is 0.392 e. The Labute approximate surface area is 86.0 Å². The first-order chi connectivity index (χ1) is 6.68. The Balaban J connectivity index is 2.30. The minimum Gasteiger partial charge on any atom is -0.392 e. The molecule has 0 saturated carbocycles. The Morgan fingerprint density at radius 1 is 1.21 bits per heavy atom. The van der Waals surface area contributed by atoms with Gasteiger partial charge in [-0.25, -0.2) is 0 Å². The van der Waals surface area contributed by atoms with E-state index in [1.807, 2.05) is 6.07 Å². The van der Waals surface area contributed by atoms with Crippen molar-refractivity contribution in [2.75, 3.05) is 6.54 Å². The molecule has 0 spiro atoms. The van der Waals surface area contributed by atoms with E-state index in [1.165, 1.54) is 5.56 Å². The number of hydrogen-bond donors (Lipinski definition) is 2. The van der Waals surface area contributed by atoms with E-state index in [4.69, 9.17) is 5.11 Å². The number of hydrogen-bond acceptors (Lipinski definition) is 2. The van der Waals surface area contributed by atoms with Crippen molar-refractivity contribution in [3.8, 4) is 0 Å². The number of aliphatic hydroxyl groups excluding tert-OH is 1. The SMILES string of the molecule is CC(O)CNC(C)Cc1ccccc1. The summed E-state index contributed by atoms with van der Waals surface area (Å²) < 4.78 is 0. The molecule has 0 amide bonds. The molecule has 0 aliphatic carbocycles. The summed E-state index contributed by atoms with van der Waals surface area (Å²) in [4.78, 5) is 0. The summed E-state index contributed by atoms with van der Waals surface area (Å²) in [6.07, 6.45) is 0.737. The van der Waals surface area contributed by atoms with E-state index in [1.54, 1.807) is 6.92 Å². The van der Waals surface area contributed by atoms with Gasteiger partial charge < -0.3 is 10.4 Å². The van der Waals surface area contributed by atoms with Crippen molar-refractivity contribution in [3.05, 3.63) is 35.9 Å². The predicted molar refractivity (Wildman–Crippen MR) is 59.3 cm³/mol. The summed E-state index contributed by atoms with van der Waals surface area (Å²) in [5, 5.41) is 12.4. The second kappa shape index (κ2) is 5.78. The molecule has 2 N–H and O–H groups in total. The van der Waals surface area contributed by atoms with E-state index < -0.39 is 0 Å². The monoisotopic (exact) mass is 193 g/mol. The zero-order valence-corrected chi connectivity index (χ0v) is 8.90. The Morgan fingerprint density at radius 2 is 1.86 bits per heavy atom.